The Labute approximate surface area is 92.8 Å². The first kappa shape index (κ1) is 9.98. The summed E-state index contributed by atoms with van der Waals surface area (Å²) in [4.78, 5) is 9.44. The lowest BCUT2D eigenvalue weighted by atomic mass is 10.3. The van der Waals surface area contributed by atoms with Crippen molar-refractivity contribution in [3.05, 3.63) is 42.4 Å². The van der Waals surface area contributed by atoms with Gasteiger partial charge in [0.1, 0.15) is 5.03 Å². The van der Waals surface area contributed by atoms with E-state index >= 15 is 0 Å². The van der Waals surface area contributed by atoms with Crippen molar-refractivity contribution in [3.8, 4) is 0 Å². The number of aryl methyl sites for hydroxylation is 1. The lowest BCUT2D eigenvalue weighted by Crippen LogP contribution is -1.93. The molecule has 0 saturated carbocycles. The van der Waals surface area contributed by atoms with Crippen molar-refractivity contribution in [2.24, 2.45) is 0 Å². The third-order valence-corrected chi connectivity index (χ3v) is 2.92. The van der Waals surface area contributed by atoms with Gasteiger partial charge in [0.15, 0.2) is 0 Å². The summed E-state index contributed by atoms with van der Waals surface area (Å²) >= 11 is 1.55. The second-order valence-electron chi connectivity index (χ2n) is 3.13. The summed E-state index contributed by atoms with van der Waals surface area (Å²) in [6, 6.07) is 7.67. The molecule has 4 heteroatoms. The molecule has 76 valence electrons. The molecule has 2 aromatic rings. The van der Waals surface area contributed by atoms with E-state index in [-0.39, 0.29) is 0 Å². The van der Waals surface area contributed by atoms with Gasteiger partial charge in [0.05, 0.1) is 5.69 Å². The van der Waals surface area contributed by atoms with Crippen LogP contribution in [0.2, 0.25) is 0 Å². The van der Waals surface area contributed by atoms with Gasteiger partial charge < -0.3 is 5.73 Å². The number of nitrogens with zero attached hydrogens (tertiary/aromatic N) is 2. The Bertz CT molecular complexity index is 457. The number of pyridine rings is 2. The molecule has 3 nitrogen and oxygen atoms in total. The van der Waals surface area contributed by atoms with E-state index in [4.69, 9.17) is 5.73 Å². The van der Waals surface area contributed by atoms with E-state index in [2.05, 4.69) is 9.97 Å². The third-order valence-electron chi connectivity index (χ3n) is 1.89. The highest BCUT2D eigenvalue weighted by molar-refractivity contribution is 7.99. The lowest BCUT2D eigenvalue weighted by Gasteiger charge is -2.04. The Hall–Kier alpha value is -1.55. The van der Waals surface area contributed by atoms with Crippen LogP contribution in [0.4, 0.5) is 5.69 Å². The fourth-order valence-electron chi connectivity index (χ4n) is 1.14. The molecule has 2 N–H and O–H groups in total. The van der Waals surface area contributed by atoms with E-state index < -0.39 is 0 Å². The monoisotopic (exact) mass is 217 g/mol. The van der Waals surface area contributed by atoms with Gasteiger partial charge >= 0.3 is 0 Å². The maximum Gasteiger partial charge on any atom is 0.124 e. The zero-order valence-corrected chi connectivity index (χ0v) is 9.16. The maximum absolute atomic E-state index is 5.84. The van der Waals surface area contributed by atoms with Crippen LogP contribution in [-0.4, -0.2) is 9.97 Å². The fraction of sp³-hybridized carbons (Fsp3) is 0.0909. The molecule has 0 aliphatic carbocycles. The molecule has 0 unspecified atom stereocenters. The van der Waals surface area contributed by atoms with Crippen molar-refractivity contribution in [3.63, 3.8) is 0 Å². The molecule has 0 aliphatic heterocycles. The molecule has 0 spiro atoms. The van der Waals surface area contributed by atoms with Gasteiger partial charge in [0.25, 0.3) is 0 Å². The van der Waals surface area contributed by atoms with Crippen molar-refractivity contribution in [1.82, 2.24) is 9.97 Å². The molecule has 0 aliphatic rings. The van der Waals surface area contributed by atoms with Gasteiger partial charge in [-0.2, -0.15) is 0 Å². The van der Waals surface area contributed by atoms with Crippen LogP contribution in [-0.2, 0) is 0 Å². The normalized spacial score (nSPS) is 10.2. The highest BCUT2D eigenvalue weighted by Crippen LogP contribution is 2.29. The van der Waals surface area contributed by atoms with E-state index in [1.54, 1.807) is 24.2 Å². The van der Waals surface area contributed by atoms with E-state index in [0.29, 0.717) is 5.69 Å². The zero-order valence-electron chi connectivity index (χ0n) is 8.34. The van der Waals surface area contributed by atoms with Crippen molar-refractivity contribution in [1.29, 1.82) is 0 Å². The minimum absolute atomic E-state index is 0.711. The second kappa shape index (κ2) is 4.31. The third kappa shape index (κ3) is 2.47. The Balaban J connectivity index is 2.28. The largest absolute Gasteiger partial charge is 0.397 e. The van der Waals surface area contributed by atoms with E-state index in [0.717, 1.165) is 15.6 Å². The predicted octanol–water partition coefficient (Wildman–Crippen LogP) is 2.52. The molecule has 0 atom stereocenters. The summed E-state index contributed by atoms with van der Waals surface area (Å²) in [6.07, 6.45) is 3.52. The van der Waals surface area contributed by atoms with Crippen LogP contribution in [0.15, 0.2) is 46.6 Å². The molecule has 0 radical (unpaired) electrons. The van der Waals surface area contributed by atoms with E-state index in [9.17, 15) is 0 Å². The molecule has 2 heterocycles. The first-order chi connectivity index (χ1) is 7.25. The predicted molar refractivity (Wildman–Crippen MR) is 61.7 cm³/mol. The van der Waals surface area contributed by atoms with Gasteiger partial charge in [0, 0.05) is 23.0 Å². The van der Waals surface area contributed by atoms with Gasteiger partial charge in [-0.15, -0.1) is 0 Å². The fourth-order valence-corrected chi connectivity index (χ4v) is 2.00. The molecule has 0 amide bonds. The van der Waals surface area contributed by atoms with Gasteiger partial charge in [0.2, 0.25) is 0 Å². The molecule has 0 fully saturated rings. The summed E-state index contributed by atoms with van der Waals surface area (Å²) < 4.78 is 0. The molecule has 15 heavy (non-hydrogen) atoms. The molecule has 0 saturated heterocycles. The molecular formula is C11H11N3S. The van der Waals surface area contributed by atoms with E-state index in [1.165, 1.54) is 0 Å². The smallest absolute Gasteiger partial charge is 0.124 e. The summed E-state index contributed by atoms with van der Waals surface area (Å²) in [5.74, 6) is 0. The van der Waals surface area contributed by atoms with Crippen LogP contribution in [0.3, 0.4) is 0 Å². The number of rotatable bonds is 2. The molecule has 2 aromatic heterocycles. The highest BCUT2D eigenvalue weighted by atomic mass is 32.2. The Morgan fingerprint density at radius 2 is 1.87 bits per heavy atom. The Morgan fingerprint density at radius 3 is 2.60 bits per heavy atom. The van der Waals surface area contributed by atoms with Gasteiger partial charge in [-0.05, 0) is 31.2 Å². The summed E-state index contributed by atoms with van der Waals surface area (Å²) in [5, 5.41) is 0.848. The number of anilines is 1. The lowest BCUT2D eigenvalue weighted by molar-refractivity contribution is 1.07. The SMILES string of the molecule is Cc1ccc(N)c(Sc2ccncc2)n1. The van der Waals surface area contributed by atoms with Crippen LogP contribution < -0.4 is 5.73 Å². The van der Waals surface area contributed by atoms with Gasteiger partial charge in [-0.25, -0.2) is 4.98 Å². The van der Waals surface area contributed by atoms with Gasteiger partial charge in [-0.1, -0.05) is 11.8 Å². The average Bonchev–Trinajstić information content (AvgIpc) is 2.25. The Kier molecular flexibility index (Phi) is 2.87. The average molecular weight is 217 g/mol. The zero-order chi connectivity index (χ0) is 10.7. The quantitative estimate of drug-likeness (QED) is 0.839. The van der Waals surface area contributed by atoms with Crippen molar-refractivity contribution in [2.75, 3.05) is 5.73 Å². The van der Waals surface area contributed by atoms with Crippen molar-refractivity contribution >= 4 is 17.4 Å². The first-order valence-electron chi connectivity index (χ1n) is 4.57. The molecule has 2 rings (SSSR count). The number of hydrogen-bond acceptors (Lipinski definition) is 4. The number of aromatic nitrogens is 2. The Morgan fingerprint density at radius 1 is 1.13 bits per heavy atom. The van der Waals surface area contributed by atoms with E-state index in [1.807, 2.05) is 31.2 Å². The molecule has 0 bridgehead atoms. The van der Waals surface area contributed by atoms with Crippen molar-refractivity contribution < 1.29 is 0 Å². The second-order valence-corrected chi connectivity index (χ2v) is 4.19. The summed E-state index contributed by atoms with van der Waals surface area (Å²) in [6.45, 7) is 1.95. The summed E-state index contributed by atoms with van der Waals surface area (Å²) in [5.41, 5.74) is 7.52. The van der Waals surface area contributed by atoms with Crippen LogP contribution in [0, 0.1) is 6.92 Å². The maximum atomic E-state index is 5.84. The minimum Gasteiger partial charge on any atom is -0.397 e. The minimum atomic E-state index is 0.711. The summed E-state index contributed by atoms with van der Waals surface area (Å²) in [7, 11) is 0. The standard InChI is InChI=1S/C11H11N3S/c1-8-2-3-10(12)11(14-8)15-9-4-6-13-7-5-9/h2-7H,12H2,1H3. The number of nitrogen functional groups attached to an aromatic ring is 1. The molecule has 0 aromatic carbocycles. The van der Waals surface area contributed by atoms with Crippen LogP contribution in [0.5, 0.6) is 0 Å². The highest BCUT2D eigenvalue weighted by Gasteiger charge is 2.03. The number of nitrogens with two attached hydrogens (primary N) is 1. The van der Waals surface area contributed by atoms with Crippen molar-refractivity contribution in [2.45, 2.75) is 16.8 Å². The van der Waals surface area contributed by atoms with Gasteiger partial charge in [-0.3, -0.25) is 4.98 Å². The van der Waals surface area contributed by atoms with Crippen LogP contribution in [0.1, 0.15) is 5.69 Å². The topological polar surface area (TPSA) is 51.8 Å². The molecular weight excluding hydrogens is 206 g/mol. The van der Waals surface area contributed by atoms with Crippen LogP contribution in [0.25, 0.3) is 0 Å². The first-order valence-corrected chi connectivity index (χ1v) is 5.38. The van der Waals surface area contributed by atoms with Crippen LogP contribution >= 0.6 is 11.8 Å². The number of hydrogen-bond donors (Lipinski definition) is 1.